The zero-order chi connectivity index (χ0) is 15.5. The molecule has 0 bridgehead atoms. The van der Waals surface area contributed by atoms with Gasteiger partial charge in [-0.15, -0.1) is 0 Å². The van der Waals surface area contributed by atoms with E-state index in [-0.39, 0.29) is 17.1 Å². The van der Waals surface area contributed by atoms with Crippen LogP contribution in [-0.2, 0) is 20.7 Å². The zero-order valence-corrected chi connectivity index (χ0v) is 11.5. The van der Waals surface area contributed by atoms with E-state index >= 15 is 0 Å². The Labute approximate surface area is 119 Å². The van der Waals surface area contributed by atoms with Crippen LogP contribution in [0.5, 0.6) is 0 Å². The molecule has 7 nitrogen and oxygen atoms in total. The van der Waals surface area contributed by atoms with E-state index < -0.39 is 22.3 Å². The molecule has 1 aromatic carbocycles. The number of aliphatic carboxylic acids is 1. The van der Waals surface area contributed by atoms with Crippen molar-refractivity contribution in [1.82, 2.24) is 0 Å². The molecule has 1 unspecified atom stereocenters. The van der Waals surface area contributed by atoms with Crippen molar-refractivity contribution >= 4 is 29.2 Å². The molecular formula is C12H12ClNO6. The summed E-state index contributed by atoms with van der Waals surface area (Å²) in [5, 5.41) is 19.8. The molecule has 0 spiro atoms. The number of carboxylic acids is 1. The summed E-state index contributed by atoms with van der Waals surface area (Å²) in [7, 11) is 1.08. The number of non-ortho nitro benzene ring substituents is 1. The van der Waals surface area contributed by atoms with Crippen molar-refractivity contribution in [3.05, 3.63) is 38.9 Å². The van der Waals surface area contributed by atoms with Crippen LogP contribution in [0.2, 0.25) is 5.02 Å². The lowest BCUT2D eigenvalue weighted by molar-refractivity contribution is -0.384. The van der Waals surface area contributed by atoms with Gasteiger partial charge in [-0.2, -0.15) is 0 Å². The average molecular weight is 302 g/mol. The number of nitro benzene ring substituents is 1. The number of hydrogen-bond acceptors (Lipinski definition) is 5. The highest BCUT2D eigenvalue weighted by atomic mass is 35.5. The number of nitro groups is 1. The normalized spacial score (nSPS) is 13.3. The number of ether oxygens (including phenoxy) is 1. The van der Waals surface area contributed by atoms with E-state index in [1.165, 1.54) is 19.1 Å². The Kier molecular flexibility index (Phi) is 4.67. The number of methoxy groups -OCH3 is 1. The first-order chi connectivity index (χ1) is 9.22. The first kappa shape index (κ1) is 15.9. The fourth-order valence-corrected chi connectivity index (χ4v) is 1.88. The van der Waals surface area contributed by atoms with E-state index in [2.05, 4.69) is 4.74 Å². The third-order valence-electron chi connectivity index (χ3n) is 2.90. The van der Waals surface area contributed by atoms with Crippen LogP contribution < -0.4 is 0 Å². The SMILES string of the molecule is COC(=O)C(C)(Cc1ccc([N+](=O)[O-])cc1Cl)C(=O)O. The molecular weight excluding hydrogens is 290 g/mol. The predicted octanol–water partition coefficient (Wildman–Crippen LogP) is 2.05. The van der Waals surface area contributed by atoms with Gasteiger partial charge in [0.1, 0.15) is 0 Å². The summed E-state index contributed by atoms with van der Waals surface area (Å²) in [6.45, 7) is 1.21. The highest BCUT2D eigenvalue weighted by molar-refractivity contribution is 6.31. The number of carbonyl (C=O) groups is 2. The number of hydrogen-bond donors (Lipinski definition) is 1. The summed E-state index contributed by atoms with van der Waals surface area (Å²) >= 11 is 5.88. The second-order valence-electron chi connectivity index (χ2n) is 4.34. The van der Waals surface area contributed by atoms with Gasteiger partial charge < -0.3 is 9.84 Å². The van der Waals surface area contributed by atoms with Crippen molar-refractivity contribution in [2.75, 3.05) is 7.11 Å². The molecule has 1 aromatic rings. The van der Waals surface area contributed by atoms with Crippen molar-refractivity contribution in [2.45, 2.75) is 13.3 Å². The van der Waals surface area contributed by atoms with Crippen LogP contribution in [0, 0.1) is 15.5 Å². The number of nitrogens with zero attached hydrogens (tertiary/aromatic N) is 1. The topological polar surface area (TPSA) is 107 Å². The van der Waals surface area contributed by atoms with Gasteiger partial charge in [0.2, 0.25) is 0 Å². The minimum atomic E-state index is -1.81. The molecule has 1 rings (SSSR count). The lowest BCUT2D eigenvalue weighted by Crippen LogP contribution is -2.39. The van der Waals surface area contributed by atoms with Gasteiger partial charge in [0.25, 0.3) is 5.69 Å². The minimum Gasteiger partial charge on any atom is -0.480 e. The monoisotopic (exact) mass is 301 g/mol. The molecule has 0 aliphatic carbocycles. The average Bonchev–Trinajstić information content (AvgIpc) is 2.39. The van der Waals surface area contributed by atoms with Crippen molar-refractivity contribution in [3.63, 3.8) is 0 Å². The molecule has 0 aliphatic rings. The van der Waals surface area contributed by atoms with E-state index in [4.69, 9.17) is 11.6 Å². The van der Waals surface area contributed by atoms with Crippen LogP contribution in [0.15, 0.2) is 18.2 Å². The highest BCUT2D eigenvalue weighted by Gasteiger charge is 2.43. The summed E-state index contributed by atoms with van der Waals surface area (Å²) < 4.78 is 4.48. The standard InChI is InChI=1S/C12H12ClNO6/c1-12(10(15)16,11(17)20-2)6-7-3-4-8(14(18)19)5-9(7)13/h3-5H,6H2,1-2H3,(H,15,16). The van der Waals surface area contributed by atoms with Crippen LogP contribution in [-0.4, -0.2) is 29.1 Å². The van der Waals surface area contributed by atoms with E-state index in [1.54, 1.807) is 0 Å². The second-order valence-corrected chi connectivity index (χ2v) is 4.75. The van der Waals surface area contributed by atoms with Gasteiger partial charge in [0.05, 0.1) is 17.1 Å². The molecule has 108 valence electrons. The number of esters is 1. The Bertz CT molecular complexity index is 573. The largest absolute Gasteiger partial charge is 0.480 e. The maximum Gasteiger partial charge on any atom is 0.323 e. The van der Waals surface area contributed by atoms with E-state index in [0.717, 1.165) is 13.2 Å². The maximum atomic E-state index is 11.6. The molecule has 0 aliphatic heterocycles. The number of carbonyl (C=O) groups excluding carboxylic acids is 1. The molecule has 8 heteroatoms. The Hall–Kier alpha value is -2.15. The molecule has 1 N–H and O–H groups in total. The highest BCUT2D eigenvalue weighted by Crippen LogP contribution is 2.30. The first-order valence-electron chi connectivity index (χ1n) is 5.47. The van der Waals surface area contributed by atoms with Crippen LogP contribution in [0.25, 0.3) is 0 Å². The minimum absolute atomic E-state index is 0.0237. The third kappa shape index (κ3) is 3.05. The van der Waals surface area contributed by atoms with E-state index in [0.29, 0.717) is 5.56 Å². The number of carboxylic acid groups (broad SMARTS) is 1. The Morgan fingerprint density at radius 3 is 2.50 bits per heavy atom. The van der Waals surface area contributed by atoms with Crippen LogP contribution >= 0.6 is 11.6 Å². The molecule has 0 heterocycles. The molecule has 20 heavy (non-hydrogen) atoms. The maximum absolute atomic E-state index is 11.6. The molecule has 0 amide bonds. The van der Waals surface area contributed by atoms with Crippen molar-refractivity contribution < 1.29 is 24.4 Å². The van der Waals surface area contributed by atoms with Gasteiger partial charge in [0.15, 0.2) is 5.41 Å². The van der Waals surface area contributed by atoms with Crippen LogP contribution in [0.1, 0.15) is 12.5 Å². The van der Waals surface area contributed by atoms with Crippen molar-refractivity contribution in [3.8, 4) is 0 Å². The molecule has 1 atom stereocenters. The molecule has 0 saturated carbocycles. The summed E-state index contributed by atoms with van der Waals surface area (Å²) in [5.41, 5.74) is -1.71. The Morgan fingerprint density at radius 1 is 1.50 bits per heavy atom. The van der Waals surface area contributed by atoms with Gasteiger partial charge in [-0.05, 0) is 12.5 Å². The number of rotatable bonds is 5. The zero-order valence-electron chi connectivity index (χ0n) is 10.8. The third-order valence-corrected chi connectivity index (χ3v) is 3.25. The summed E-state index contributed by atoms with van der Waals surface area (Å²) in [4.78, 5) is 32.8. The quantitative estimate of drug-likeness (QED) is 0.386. The Morgan fingerprint density at radius 2 is 2.10 bits per heavy atom. The predicted molar refractivity (Wildman–Crippen MR) is 69.6 cm³/mol. The van der Waals surface area contributed by atoms with Gasteiger partial charge >= 0.3 is 11.9 Å². The van der Waals surface area contributed by atoms with Crippen LogP contribution in [0.3, 0.4) is 0 Å². The lowest BCUT2D eigenvalue weighted by atomic mass is 9.83. The number of benzene rings is 1. The van der Waals surface area contributed by atoms with Gasteiger partial charge in [-0.3, -0.25) is 19.7 Å². The molecule has 0 aromatic heterocycles. The second kappa shape index (κ2) is 5.87. The van der Waals surface area contributed by atoms with Crippen LogP contribution in [0.4, 0.5) is 5.69 Å². The lowest BCUT2D eigenvalue weighted by Gasteiger charge is -2.22. The molecule has 0 saturated heterocycles. The fraction of sp³-hybridized carbons (Fsp3) is 0.333. The number of halogens is 1. The molecule has 0 radical (unpaired) electrons. The first-order valence-corrected chi connectivity index (χ1v) is 5.85. The fourth-order valence-electron chi connectivity index (χ4n) is 1.63. The van der Waals surface area contributed by atoms with E-state index in [9.17, 15) is 24.8 Å². The molecule has 0 fully saturated rings. The van der Waals surface area contributed by atoms with E-state index in [1.807, 2.05) is 0 Å². The van der Waals surface area contributed by atoms with Gasteiger partial charge in [0, 0.05) is 18.6 Å². The van der Waals surface area contributed by atoms with Crippen molar-refractivity contribution in [2.24, 2.45) is 5.41 Å². The van der Waals surface area contributed by atoms with Crippen molar-refractivity contribution in [1.29, 1.82) is 0 Å². The van der Waals surface area contributed by atoms with Gasteiger partial charge in [-0.25, -0.2) is 0 Å². The summed E-state index contributed by atoms with van der Waals surface area (Å²) in [6.07, 6.45) is -0.230. The summed E-state index contributed by atoms with van der Waals surface area (Å²) in [5.74, 6) is -2.28. The van der Waals surface area contributed by atoms with Gasteiger partial charge in [-0.1, -0.05) is 17.7 Å². The Balaban J connectivity index is 3.16. The smallest absolute Gasteiger partial charge is 0.323 e. The summed E-state index contributed by atoms with van der Waals surface area (Å²) in [6, 6.07) is 3.63.